The van der Waals surface area contributed by atoms with Crippen LogP contribution < -0.4 is 0 Å². The van der Waals surface area contributed by atoms with Crippen LogP contribution in [0.1, 0.15) is 116 Å². The van der Waals surface area contributed by atoms with Gasteiger partial charge in [-0.1, -0.05) is 103 Å². The van der Waals surface area contributed by atoms with Crippen LogP contribution in [0.25, 0.3) is 0 Å². The zero-order chi connectivity index (χ0) is 18.8. The quantitative estimate of drug-likeness (QED) is 0.262. The molecule has 0 aromatic heterocycles. The van der Waals surface area contributed by atoms with Crippen molar-refractivity contribution in [1.82, 2.24) is 0 Å². The summed E-state index contributed by atoms with van der Waals surface area (Å²) in [6.07, 6.45) is 19.4. The molecule has 0 aromatic carbocycles. The average Bonchev–Trinajstić information content (AvgIpc) is 2.56. The van der Waals surface area contributed by atoms with Gasteiger partial charge >= 0.3 is 11.9 Å². The van der Waals surface area contributed by atoms with E-state index < -0.39 is 17.9 Å². The van der Waals surface area contributed by atoms with Crippen molar-refractivity contribution >= 4 is 11.9 Å². The molecule has 0 unspecified atom stereocenters. The molecule has 4 nitrogen and oxygen atoms in total. The highest BCUT2D eigenvalue weighted by atomic mass is 16.4. The third-order valence-corrected chi connectivity index (χ3v) is 4.93. The van der Waals surface area contributed by atoms with Crippen LogP contribution in [-0.2, 0) is 9.59 Å². The first kappa shape index (κ1) is 23.9. The fraction of sp³-hybridized carbons (Fsp3) is 0.905. The summed E-state index contributed by atoms with van der Waals surface area (Å²) in [6, 6.07) is 0. The highest BCUT2D eigenvalue weighted by molar-refractivity contribution is 5.77. The Morgan fingerprint density at radius 1 is 0.640 bits per heavy atom. The lowest BCUT2D eigenvalue weighted by Gasteiger charge is -2.09. The zero-order valence-corrected chi connectivity index (χ0v) is 16.3. The molecule has 0 spiro atoms. The Morgan fingerprint density at radius 3 is 1.32 bits per heavy atom. The lowest BCUT2D eigenvalue weighted by Crippen LogP contribution is -2.17. The van der Waals surface area contributed by atoms with Crippen molar-refractivity contribution in [2.75, 3.05) is 0 Å². The SMILES string of the molecule is CCCCCCCCCCCCCCCCC[C@H](CC(=O)O)C(=O)O. The number of carboxylic acids is 2. The van der Waals surface area contributed by atoms with Crippen molar-refractivity contribution in [3.63, 3.8) is 0 Å². The second kappa shape index (κ2) is 17.8. The summed E-state index contributed by atoms with van der Waals surface area (Å²) in [5, 5.41) is 17.7. The van der Waals surface area contributed by atoms with Gasteiger partial charge in [-0.25, -0.2) is 0 Å². The summed E-state index contributed by atoms with van der Waals surface area (Å²) in [4.78, 5) is 21.6. The second-order valence-corrected chi connectivity index (χ2v) is 7.37. The molecule has 0 aliphatic rings. The van der Waals surface area contributed by atoms with Crippen molar-refractivity contribution in [1.29, 1.82) is 0 Å². The lowest BCUT2D eigenvalue weighted by atomic mass is 9.97. The van der Waals surface area contributed by atoms with Gasteiger partial charge in [0.1, 0.15) is 0 Å². The highest BCUT2D eigenvalue weighted by Crippen LogP contribution is 2.17. The molecule has 0 radical (unpaired) electrons. The molecule has 0 rings (SSSR count). The van der Waals surface area contributed by atoms with E-state index in [1.54, 1.807) is 0 Å². The van der Waals surface area contributed by atoms with E-state index in [4.69, 9.17) is 10.2 Å². The molecule has 4 heteroatoms. The molecule has 0 amide bonds. The molecule has 0 fully saturated rings. The number of hydrogen-bond acceptors (Lipinski definition) is 2. The molecule has 0 aliphatic carbocycles. The van der Waals surface area contributed by atoms with Crippen LogP contribution in [0.4, 0.5) is 0 Å². The normalized spacial score (nSPS) is 12.2. The van der Waals surface area contributed by atoms with Crippen LogP contribution in [0.15, 0.2) is 0 Å². The number of unbranched alkanes of at least 4 members (excludes halogenated alkanes) is 14. The van der Waals surface area contributed by atoms with Gasteiger partial charge in [-0.2, -0.15) is 0 Å². The molecule has 2 N–H and O–H groups in total. The molecule has 0 heterocycles. The van der Waals surface area contributed by atoms with Gasteiger partial charge in [-0.05, 0) is 6.42 Å². The van der Waals surface area contributed by atoms with E-state index in [0.29, 0.717) is 6.42 Å². The van der Waals surface area contributed by atoms with Crippen molar-refractivity contribution < 1.29 is 19.8 Å². The lowest BCUT2D eigenvalue weighted by molar-refractivity contribution is -0.148. The Kier molecular flexibility index (Phi) is 17.0. The molecular weight excluding hydrogens is 316 g/mol. The Labute approximate surface area is 154 Å². The first-order chi connectivity index (χ1) is 12.1. The third kappa shape index (κ3) is 17.6. The first-order valence-electron chi connectivity index (χ1n) is 10.5. The van der Waals surface area contributed by atoms with Gasteiger partial charge in [0, 0.05) is 0 Å². The minimum atomic E-state index is -1.02. The van der Waals surface area contributed by atoms with Crippen LogP contribution in [-0.4, -0.2) is 22.2 Å². The summed E-state index contributed by atoms with van der Waals surface area (Å²) in [6.45, 7) is 2.26. The topological polar surface area (TPSA) is 74.6 Å². The van der Waals surface area contributed by atoms with E-state index in [2.05, 4.69) is 6.92 Å². The standard InChI is InChI=1S/C21H40O4/c1-2-3-4-5-6-7-8-9-10-11-12-13-14-15-16-17-19(21(24)25)18-20(22)23/h19H,2-18H2,1H3,(H,22,23)(H,24,25)/t19-/m1/s1. The van der Waals surface area contributed by atoms with Crippen LogP contribution >= 0.6 is 0 Å². The molecule has 0 aliphatic heterocycles. The van der Waals surface area contributed by atoms with Crippen LogP contribution in [0, 0.1) is 5.92 Å². The molecular formula is C21H40O4. The number of rotatable bonds is 19. The molecule has 0 saturated carbocycles. The average molecular weight is 357 g/mol. The van der Waals surface area contributed by atoms with Gasteiger partial charge in [-0.15, -0.1) is 0 Å². The van der Waals surface area contributed by atoms with E-state index in [1.807, 2.05) is 0 Å². The Balaban J connectivity index is 3.28. The van der Waals surface area contributed by atoms with Crippen LogP contribution in [0.3, 0.4) is 0 Å². The van der Waals surface area contributed by atoms with E-state index in [1.165, 1.54) is 77.0 Å². The Hall–Kier alpha value is -1.06. The van der Waals surface area contributed by atoms with Crippen molar-refractivity contribution in [2.45, 2.75) is 116 Å². The van der Waals surface area contributed by atoms with Crippen molar-refractivity contribution in [3.8, 4) is 0 Å². The predicted octanol–water partition coefficient (Wildman–Crippen LogP) is 6.42. The smallest absolute Gasteiger partial charge is 0.307 e. The Morgan fingerprint density at radius 2 is 1.00 bits per heavy atom. The number of aliphatic carboxylic acids is 2. The minimum Gasteiger partial charge on any atom is -0.481 e. The summed E-state index contributed by atoms with van der Waals surface area (Å²) >= 11 is 0. The predicted molar refractivity (Wildman–Crippen MR) is 103 cm³/mol. The van der Waals surface area contributed by atoms with Crippen LogP contribution in [0.2, 0.25) is 0 Å². The maximum absolute atomic E-state index is 11.0. The summed E-state index contributed by atoms with van der Waals surface area (Å²) in [5.41, 5.74) is 0. The molecule has 1 atom stereocenters. The van der Waals surface area contributed by atoms with Crippen molar-refractivity contribution in [2.24, 2.45) is 5.92 Å². The monoisotopic (exact) mass is 356 g/mol. The molecule has 25 heavy (non-hydrogen) atoms. The molecule has 0 bridgehead atoms. The Bertz CT molecular complexity index is 328. The van der Waals surface area contributed by atoms with E-state index in [-0.39, 0.29) is 6.42 Å². The maximum Gasteiger partial charge on any atom is 0.307 e. The van der Waals surface area contributed by atoms with E-state index >= 15 is 0 Å². The van der Waals surface area contributed by atoms with Crippen LogP contribution in [0.5, 0.6) is 0 Å². The highest BCUT2D eigenvalue weighted by Gasteiger charge is 2.20. The molecule has 0 saturated heterocycles. The fourth-order valence-corrected chi connectivity index (χ4v) is 3.29. The summed E-state index contributed by atoms with van der Waals surface area (Å²) in [5.74, 6) is -2.72. The number of carbonyl (C=O) groups is 2. The van der Waals surface area contributed by atoms with Gasteiger partial charge < -0.3 is 10.2 Å². The molecule has 0 aromatic rings. The first-order valence-corrected chi connectivity index (χ1v) is 10.5. The van der Waals surface area contributed by atoms with Gasteiger partial charge in [-0.3, -0.25) is 9.59 Å². The van der Waals surface area contributed by atoms with E-state index in [0.717, 1.165) is 19.3 Å². The minimum absolute atomic E-state index is 0.256. The number of hydrogen-bond donors (Lipinski definition) is 2. The van der Waals surface area contributed by atoms with Gasteiger partial charge in [0.25, 0.3) is 0 Å². The van der Waals surface area contributed by atoms with Gasteiger partial charge in [0.15, 0.2) is 0 Å². The summed E-state index contributed by atoms with van der Waals surface area (Å²) < 4.78 is 0. The fourth-order valence-electron chi connectivity index (χ4n) is 3.29. The van der Waals surface area contributed by atoms with Crippen molar-refractivity contribution in [3.05, 3.63) is 0 Å². The number of carboxylic acid groups (broad SMARTS) is 2. The largest absolute Gasteiger partial charge is 0.481 e. The van der Waals surface area contributed by atoms with Gasteiger partial charge in [0.2, 0.25) is 0 Å². The van der Waals surface area contributed by atoms with Gasteiger partial charge in [0.05, 0.1) is 12.3 Å². The second-order valence-electron chi connectivity index (χ2n) is 7.37. The maximum atomic E-state index is 11.0. The van der Waals surface area contributed by atoms with E-state index in [9.17, 15) is 9.59 Å². The molecule has 148 valence electrons. The third-order valence-electron chi connectivity index (χ3n) is 4.93. The zero-order valence-electron chi connectivity index (χ0n) is 16.3. The summed E-state index contributed by atoms with van der Waals surface area (Å²) in [7, 11) is 0.